The summed E-state index contributed by atoms with van der Waals surface area (Å²) in [5, 5.41) is 3.37. The van der Waals surface area contributed by atoms with Gasteiger partial charge in [0, 0.05) is 19.8 Å². The van der Waals surface area contributed by atoms with Gasteiger partial charge in [-0.15, -0.1) is 0 Å². The third kappa shape index (κ3) is 4.11. The molecule has 0 radical (unpaired) electrons. The van der Waals surface area contributed by atoms with E-state index < -0.39 is 0 Å². The van der Waals surface area contributed by atoms with Crippen molar-refractivity contribution < 1.29 is 14.3 Å². The maximum atomic E-state index is 11.8. The Balaban J connectivity index is 2.05. The number of carbonyl (C=O) groups is 1. The van der Waals surface area contributed by atoms with Crippen molar-refractivity contribution in [3.8, 4) is 0 Å². The van der Waals surface area contributed by atoms with Crippen LogP contribution in [0.15, 0.2) is 18.2 Å². The molecule has 1 aliphatic rings. The molecule has 5 nitrogen and oxygen atoms in total. The van der Waals surface area contributed by atoms with Gasteiger partial charge in [0.2, 0.25) is 0 Å². The molecule has 0 spiro atoms. The maximum absolute atomic E-state index is 11.8. The molecule has 1 saturated heterocycles. The van der Waals surface area contributed by atoms with Crippen molar-refractivity contribution in [2.45, 2.75) is 26.7 Å². The Morgan fingerprint density at radius 2 is 2.14 bits per heavy atom. The predicted octanol–water partition coefficient (Wildman–Crippen LogP) is 2.67. The highest BCUT2D eigenvalue weighted by Gasteiger charge is 2.27. The monoisotopic (exact) mass is 292 g/mol. The third-order valence-electron chi connectivity index (χ3n) is 3.97. The lowest BCUT2D eigenvalue weighted by molar-refractivity contribution is 0.0300. The summed E-state index contributed by atoms with van der Waals surface area (Å²) in [7, 11) is 0. The van der Waals surface area contributed by atoms with Crippen molar-refractivity contribution in [3.63, 3.8) is 0 Å². The summed E-state index contributed by atoms with van der Waals surface area (Å²) in [6, 6.07) is 5.19. The van der Waals surface area contributed by atoms with Gasteiger partial charge in [-0.05, 0) is 43.4 Å². The predicted molar refractivity (Wildman–Crippen MR) is 83.5 cm³/mol. The summed E-state index contributed by atoms with van der Waals surface area (Å²) in [5.74, 6) is -0.321. The summed E-state index contributed by atoms with van der Waals surface area (Å²) < 4.78 is 10.4. The van der Waals surface area contributed by atoms with Crippen molar-refractivity contribution in [1.29, 1.82) is 0 Å². The first-order valence-corrected chi connectivity index (χ1v) is 7.42. The van der Waals surface area contributed by atoms with E-state index in [0.29, 0.717) is 17.9 Å². The molecule has 0 aromatic heterocycles. The van der Waals surface area contributed by atoms with E-state index in [9.17, 15) is 4.79 Å². The SMILES string of the molecule is CCOC(=O)c1ccc(N)c(NCC2(C)CCOCC2)c1. The minimum Gasteiger partial charge on any atom is -0.462 e. The number of rotatable bonds is 5. The minimum atomic E-state index is -0.321. The van der Waals surface area contributed by atoms with Gasteiger partial charge in [-0.3, -0.25) is 0 Å². The number of hydrogen-bond acceptors (Lipinski definition) is 5. The highest BCUT2D eigenvalue weighted by atomic mass is 16.5. The molecule has 0 atom stereocenters. The van der Waals surface area contributed by atoms with Gasteiger partial charge in [0.1, 0.15) is 0 Å². The lowest BCUT2D eigenvalue weighted by Crippen LogP contribution is -2.33. The molecule has 0 bridgehead atoms. The zero-order valence-corrected chi connectivity index (χ0v) is 12.8. The van der Waals surface area contributed by atoms with Gasteiger partial charge < -0.3 is 20.5 Å². The molecular formula is C16H24N2O3. The van der Waals surface area contributed by atoms with Crippen LogP contribution in [-0.2, 0) is 9.47 Å². The van der Waals surface area contributed by atoms with Crippen LogP contribution in [0.1, 0.15) is 37.0 Å². The van der Waals surface area contributed by atoms with Crippen molar-refractivity contribution >= 4 is 17.3 Å². The van der Waals surface area contributed by atoms with E-state index in [-0.39, 0.29) is 11.4 Å². The number of hydrogen-bond donors (Lipinski definition) is 2. The smallest absolute Gasteiger partial charge is 0.338 e. The third-order valence-corrected chi connectivity index (χ3v) is 3.97. The van der Waals surface area contributed by atoms with Crippen LogP contribution in [0.4, 0.5) is 11.4 Å². The standard InChI is InChI=1S/C16H24N2O3/c1-3-21-15(19)12-4-5-13(17)14(10-12)18-11-16(2)6-8-20-9-7-16/h4-5,10,18H,3,6-9,11,17H2,1-2H3. The van der Waals surface area contributed by atoms with Gasteiger partial charge in [-0.2, -0.15) is 0 Å². The zero-order chi connectivity index (χ0) is 15.3. The number of anilines is 2. The Labute approximate surface area is 125 Å². The molecule has 2 rings (SSSR count). The second-order valence-corrected chi connectivity index (χ2v) is 5.80. The normalized spacial score (nSPS) is 17.2. The van der Waals surface area contributed by atoms with Gasteiger partial charge in [0.15, 0.2) is 0 Å². The molecule has 3 N–H and O–H groups in total. The van der Waals surface area contributed by atoms with Gasteiger partial charge >= 0.3 is 5.97 Å². The lowest BCUT2D eigenvalue weighted by Gasteiger charge is -2.34. The topological polar surface area (TPSA) is 73.6 Å². The summed E-state index contributed by atoms with van der Waals surface area (Å²) in [6.45, 7) is 6.82. The molecule has 1 aromatic carbocycles. The number of carbonyl (C=O) groups excluding carboxylic acids is 1. The lowest BCUT2D eigenvalue weighted by atomic mass is 9.82. The first-order chi connectivity index (χ1) is 10.0. The van der Waals surface area contributed by atoms with E-state index in [1.807, 2.05) is 0 Å². The van der Waals surface area contributed by atoms with E-state index in [1.165, 1.54) is 0 Å². The van der Waals surface area contributed by atoms with Gasteiger partial charge in [-0.25, -0.2) is 4.79 Å². The molecule has 0 aliphatic carbocycles. The Hall–Kier alpha value is -1.75. The minimum absolute atomic E-state index is 0.199. The van der Waals surface area contributed by atoms with Crippen LogP contribution in [0.25, 0.3) is 0 Å². The number of ether oxygens (including phenoxy) is 2. The second-order valence-electron chi connectivity index (χ2n) is 5.80. The fraction of sp³-hybridized carbons (Fsp3) is 0.562. The fourth-order valence-electron chi connectivity index (χ4n) is 2.40. The number of benzene rings is 1. The molecule has 0 amide bonds. The number of esters is 1. The molecule has 116 valence electrons. The van der Waals surface area contributed by atoms with E-state index in [0.717, 1.165) is 38.3 Å². The number of nitrogens with one attached hydrogen (secondary N) is 1. The Morgan fingerprint density at radius 1 is 1.43 bits per heavy atom. The molecule has 0 saturated carbocycles. The van der Waals surface area contributed by atoms with Crippen LogP contribution in [0, 0.1) is 5.41 Å². The highest BCUT2D eigenvalue weighted by Crippen LogP contribution is 2.31. The summed E-state index contributed by atoms with van der Waals surface area (Å²) in [6.07, 6.45) is 2.05. The Morgan fingerprint density at radius 3 is 2.81 bits per heavy atom. The van der Waals surface area contributed by atoms with Crippen LogP contribution in [-0.4, -0.2) is 32.3 Å². The van der Waals surface area contributed by atoms with Crippen LogP contribution < -0.4 is 11.1 Å². The number of nitrogen functional groups attached to an aromatic ring is 1. The van der Waals surface area contributed by atoms with Crippen LogP contribution in [0.2, 0.25) is 0 Å². The second kappa shape index (κ2) is 6.80. The highest BCUT2D eigenvalue weighted by molar-refractivity contribution is 5.92. The molecule has 0 unspecified atom stereocenters. The maximum Gasteiger partial charge on any atom is 0.338 e. The quantitative estimate of drug-likeness (QED) is 0.645. The van der Waals surface area contributed by atoms with Crippen LogP contribution in [0.3, 0.4) is 0 Å². The summed E-state index contributed by atoms with van der Waals surface area (Å²) >= 11 is 0. The average molecular weight is 292 g/mol. The van der Waals surface area contributed by atoms with Crippen molar-refractivity contribution in [2.75, 3.05) is 37.4 Å². The fourth-order valence-corrected chi connectivity index (χ4v) is 2.40. The Bertz CT molecular complexity index is 496. The molecule has 1 heterocycles. The van der Waals surface area contributed by atoms with E-state index in [1.54, 1.807) is 25.1 Å². The first-order valence-electron chi connectivity index (χ1n) is 7.42. The number of nitrogens with two attached hydrogens (primary N) is 1. The molecule has 5 heteroatoms. The molecule has 1 aromatic rings. The summed E-state index contributed by atoms with van der Waals surface area (Å²) in [4.78, 5) is 11.8. The largest absolute Gasteiger partial charge is 0.462 e. The average Bonchev–Trinajstić information content (AvgIpc) is 2.47. The molecule has 1 fully saturated rings. The van der Waals surface area contributed by atoms with Gasteiger partial charge in [0.05, 0.1) is 23.5 Å². The van der Waals surface area contributed by atoms with Gasteiger partial charge in [-0.1, -0.05) is 6.92 Å². The van der Waals surface area contributed by atoms with E-state index in [4.69, 9.17) is 15.2 Å². The molecule has 1 aliphatic heterocycles. The first kappa shape index (κ1) is 15.6. The zero-order valence-electron chi connectivity index (χ0n) is 12.8. The Kier molecular flexibility index (Phi) is 5.07. The van der Waals surface area contributed by atoms with Crippen molar-refractivity contribution in [2.24, 2.45) is 5.41 Å². The molecular weight excluding hydrogens is 268 g/mol. The van der Waals surface area contributed by atoms with Gasteiger partial charge in [0.25, 0.3) is 0 Å². The van der Waals surface area contributed by atoms with Crippen LogP contribution >= 0.6 is 0 Å². The molecule has 21 heavy (non-hydrogen) atoms. The van der Waals surface area contributed by atoms with Crippen molar-refractivity contribution in [1.82, 2.24) is 0 Å². The van der Waals surface area contributed by atoms with Crippen molar-refractivity contribution in [3.05, 3.63) is 23.8 Å². The van der Waals surface area contributed by atoms with Crippen LogP contribution in [0.5, 0.6) is 0 Å². The van der Waals surface area contributed by atoms with E-state index >= 15 is 0 Å². The summed E-state index contributed by atoms with van der Waals surface area (Å²) in [5.41, 5.74) is 8.12. The van der Waals surface area contributed by atoms with E-state index in [2.05, 4.69) is 12.2 Å².